The Hall–Kier alpha value is -2.37. The predicted molar refractivity (Wildman–Crippen MR) is 109 cm³/mol. The largest absolute Gasteiger partial charge is 0.416 e. The summed E-state index contributed by atoms with van der Waals surface area (Å²) in [5.41, 5.74) is -0.605. The zero-order valence-corrected chi connectivity index (χ0v) is 17.7. The third-order valence-corrected chi connectivity index (χ3v) is 5.49. The van der Waals surface area contributed by atoms with Crippen LogP contribution in [0.5, 0.6) is 0 Å². The van der Waals surface area contributed by atoms with E-state index in [9.17, 15) is 27.9 Å². The Bertz CT molecular complexity index is 790. The van der Waals surface area contributed by atoms with E-state index >= 15 is 0 Å². The van der Waals surface area contributed by atoms with E-state index in [1.54, 1.807) is 0 Å². The third-order valence-electron chi connectivity index (χ3n) is 5.49. The Morgan fingerprint density at radius 1 is 1.19 bits per heavy atom. The molecule has 0 unspecified atom stereocenters. The Kier molecular flexibility index (Phi) is 7.96. The summed E-state index contributed by atoms with van der Waals surface area (Å²) in [6.45, 7) is 2.50. The van der Waals surface area contributed by atoms with Gasteiger partial charge in [0.05, 0.1) is 50.0 Å². The van der Waals surface area contributed by atoms with Gasteiger partial charge in [-0.2, -0.15) is 13.2 Å². The number of β-amino-alcohol motifs (C(OH)–C–C–N with tert-alkyl or cyclic N) is 1. The van der Waals surface area contributed by atoms with Gasteiger partial charge in [-0.15, -0.1) is 0 Å². The van der Waals surface area contributed by atoms with Gasteiger partial charge >= 0.3 is 12.2 Å². The molecule has 0 bridgehead atoms. The average Bonchev–Trinajstić information content (AvgIpc) is 2.71. The van der Waals surface area contributed by atoms with Gasteiger partial charge in [-0.25, -0.2) is 4.79 Å². The molecule has 2 fully saturated rings. The van der Waals surface area contributed by atoms with Crippen LogP contribution in [0, 0.1) is 0 Å². The van der Waals surface area contributed by atoms with Gasteiger partial charge in [0, 0.05) is 12.2 Å². The fourth-order valence-corrected chi connectivity index (χ4v) is 3.99. The Morgan fingerprint density at radius 3 is 2.56 bits per heavy atom. The van der Waals surface area contributed by atoms with Crippen LogP contribution >= 0.6 is 0 Å². The molecular weight excluding hydrogens is 431 g/mol. The fraction of sp³-hybridized carbons (Fsp3) is 0.619. The maximum atomic E-state index is 13.0. The molecule has 1 aromatic rings. The number of urea groups is 1. The minimum absolute atomic E-state index is 0.0115. The monoisotopic (exact) mass is 459 g/mol. The number of hydrogen-bond acceptors (Lipinski definition) is 5. The molecular formula is C21H28F3N3O5. The van der Waals surface area contributed by atoms with Gasteiger partial charge in [0.2, 0.25) is 5.91 Å². The molecule has 3 amide bonds. The maximum Gasteiger partial charge on any atom is 0.416 e. The molecule has 3 N–H and O–H groups in total. The number of rotatable bonds is 4. The van der Waals surface area contributed by atoms with Crippen molar-refractivity contribution in [2.45, 2.75) is 56.7 Å². The van der Waals surface area contributed by atoms with E-state index in [2.05, 4.69) is 10.6 Å². The summed E-state index contributed by atoms with van der Waals surface area (Å²) in [6.07, 6.45) is -4.90. The molecule has 4 atom stereocenters. The number of hydrogen-bond donors (Lipinski definition) is 3. The number of nitrogens with zero attached hydrogens (tertiary/aromatic N) is 1. The molecule has 1 aromatic carbocycles. The number of ether oxygens (including phenoxy) is 2. The van der Waals surface area contributed by atoms with E-state index < -0.39 is 36.0 Å². The van der Waals surface area contributed by atoms with Crippen LogP contribution in [0.1, 0.15) is 31.7 Å². The summed E-state index contributed by atoms with van der Waals surface area (Å²) in [6, 6.07) is 3.19. The second kappa shape index (κ2) is 10.5. The highest BCUT2D eigenvalue weighted by atomic mass is 19.4. The molecule has 2 aliphatic heterocycles. The van der Waals surface area contributed by atoms with Crippen molar-refractivity contribution in [3.63, 3.8) is 0 Å². The smallest absolute Gasteiger partial charge is 0.389 e. The number of aliphatic hydroxyl groups is 1. The normalized spacial score (nSPS) is 26.5. The molecule has 0 aliphatic carbocycles. The standard InChI is InChI=1S/C21H28F3N3O5/c1-2-25-19(29)9-16-7-8-17-18(32-16)12-31-11-15(28)10-27(17)20(30)26-14-5-3-13(4-6-14)21(22,23)24/h3-6,15-18,28H,2,7-12H2,1H3,(H,25,29)(H,26,30)/t15-,16-,17+,18-/m0/s1. The molecule has 2 aliphatic rings. The lowest BCUT2D eigenvalue weighted by atomic mass is 9.95. The third kappa shape index (κ3) is 6.33. The molecule has 8 nitrogen and oxygen atoms in total. The number of anilines is 1. The van der Waals surface area contributed by atoms with Gasteiger partial charge in [-0.3, -0.25) is 4.79 Å². The fourth-order valence-electron chi connectivity index (χ4n) is 3.99. The topological polar surface area (TPSA) is 100 Å². The minimum atomic E-state index is -4.47. The molecule has 0 radical (unpaired) electrons. The highest BCUT2D eigenvalue weighted by Gasteiger charge is 2.40. The van der Waals surface area contributed by atoms with E-state index in [0.29, 0.717) is 19.4 Å². The first-order valence-corrected chi connectivity index (χ1v) is 10.6. The summed E-state index contributed by atoms with van der Waals surface area (Å²) in [5.74, 6) is -0.116. The number of benzene rings is 1. The summed E-state index contributed by atoms with van der Waals surface area (Å²) < 4.78 is 49.8. The van der Waals surface area contributed by atoms with Gasteiger partial charge < -0.3 is 30.1 Å². The zero-order chi connectivity index (χ0) is 23.3. The van der Waals surface area contributed by atoms with Crippen LogP contribution in [0.15, 0.2) is 24.3 Å². The van der Waals surface area contributed by atoms with Crippen molar-refractivity contribution in [2.75, 3.05) is 31.6 Å². The summed E-state index contributed by atoms with van der Waals surface area (Å²) >= 11 is 0. The second-order valence-corrected chi connectivity index (χ2v) is 7.95. The maximum absolute atomic E-state index is 13.0. The molecule has 2 saturated heterocycles. The van der Waals surface area contributed by atoms with Crippen molar-refractivity contribution < 1.29 is 37.3 Å². The zero-order valence-electron chi connectivity index (χ0n) is 17.7. The van der Waals surface area contributed by atoms with E-state index in [-0.39, 0.29) is 43.9 Å². The highest BCUT2D eigenvalue weighted by molar-refractivity contribution is 5.89. The number of alkyl halides is 3. The molecule has 0 saturated carbocycles. The Balaban J connectivity index is 1.69. The lowest BCUT2D eigenvalue weighted by molar-refractivity contribution is -0.149. The summed E-state index contributed by atoms with van der Waals surface area (Å²) in [5, 5.41) is 15.5. The van der Waals surface area contributed by atoms with Crippen LogP contribution in [0.4, 0.5) is 23.7 Å². The number of carbonyl (C=O) groups is 2. The van der Waals surface area contributed by atoms with E-state index in [1.165, 1.54) is 17.0 Å². The number of carbonyl (C=O) groups excluding carboxylic acids is 2. The van der Waals surface area contributed by atoms with Crippen LogP contribution in [-0.2, 0) is 20.4 Å². The van der Waals surface area contributed by atoms with Crippen LogP contribution in [-0.4, -0.2) is 72.6 Å². The van der Waals surface area contributed by atoms with Gasteiger partial charge in [-0.1, -0.05) is 0 Å². The van der Waals surface area contributed by atoms with Crippen LogP contribution in [0.2, 0.25) is 0 Å². The van der Waals surface area contributed by atoms with E-state index in [0.717, 1.165) is 12.1 Å². The minimum Gasteiger partial charge on any atom is -0.389 e. The first-order valence-electron chi connectivity index (χ1n) is 10.6. The SMILES string of the molecule is CCNC(=O)C[C@@H]1CC[C@@H]2[C@H](COC[C@@H](O)CN2C(=O)Nc2ccc(C(F)(F)F)cc2)O1. The summed E-state index contributed by atoms with van der Waals surface area (Å²) in [7, 11) is 0. The lowest BCUT2D eigenvalue weighted by Gasteiger charge is -2.44. The molecule has 3 rings (SSSR count). The molecule has 11 heteroatoms. The first kappa shape index (κ1) is 24.3. The van der Waals surface area contributed by atoms with Crippen molar-refractivity contribution in [2.24, 2.45) is 0 Å². The average molecular weight is 459 g/mol. The van der Waals surface area contributed by atoms with Crippen molar-refractivity contribution >= 4 is 17.6 Å². The van der Waals surface area contributed by atoms with Gasteiger partial charge in [0.1, 0.15) is 6.10 Å². The molecule has 178 valence electrons. The quantitative estimate of drug-likeness (QED) is 0.642. The number of halogens is 3. The molecule has 0 aromatic heterocycles. The van der Waals surface area contributed by atoms with Crippen LogP contribution < -0.4 is 10.6 Å². The van der Waals surface area contributed by atoms with Crippen molar-refractivity contribution in [1.82, 2.24) is 10.2 Å². The number of amides is 3. The van der Waals surface area contributed by atoms with E-state index in [4.69, 9.17) is 9.47 Å². The van der Waals surface area contributed by atoms with Crippen molar-refractivity contribution in [1.29, 1.82) is 0 Å². The first-order chi connectivity index (χ1) is 15.2. The molecule has 32 heavy (non-hydrogen) atoms. The van der Waals surface area contributed by atoms with Gasteiger partial charge in [0.25, 0.3) is 0 Å². The molecule has 0 spiro atoms. The van der Waals surface area contributed by atoms with Crippen molar-refractivity contribution in [3.05, 3.63) is 29.8 Å². The van der Waals surface area contributed by atoms with Gasteiger partial charge in [-0.05, 0) is 44.0 Å². The highest BCUT2D eigenvalue weighted by Crippen LogP contribution is 2.31. The Morgan fingerprint density at radius 2 is 1.91 bits per heavy atom. The summed E-state index contributed by atoms with van der Waals surface area (Å²) in [4.78, 5) is 26.3. The number of aliphatic hydroxyl groups excluding tert-OH is 1. The molecule has 2 heterocycles. The van der Waals surface area contributed by atoms with Gasteiger partial charge in [0.15, 0.2) is 0 Å². The number of nitrogens with one attached hydrogen (secondary N) is 2. The van der Waals surface area contributed by atoms with Crippen LogP contribution in [0.25, 0.3) is 0 Å². The predicted octanol–water partition coefficient (Wildman–Crippen LogP) is 2.37. The lowest BCUT2D eigenvalue weighted by Crippen LogP contribution is -2.58. The Labute approximate surface area is 184 Å². The number of fused-ring (bicyclic) bond motifs is 1. The van der Waals surface area contributed by atoms with Crippen molar-refractivity contribution in [3.8, 4) is 0 Å². The van der Waals surface area contributed by atoms with Crippen LogP contribution in [0.3, 0.4) is 0 Å². The second-order valence-electron chi connectivity index (χ2n) is 7.95. The van der Waals surface area contributed by atoms with E-state index in [1.807, 2.05) is 6.92 Å².